The van der Waals surface area contributed by atoms with Gasteiger partial charge in [0, 0.05) is 31.0 Å². The summed E-state index contributed by atoms with van der Waals surface area (Å²) in [5, 5.41) is 10.2. The number of carbonyl (C=O) groups excluding carboxylic acids is 1. The molecule has 0 saturated carbocycles. The lowest BCUT2D eigenvalue weighted by atomic mass is 9.86. The van der Waals surface area contributed by atoms with Crippen molar-refractivity contribution in [2.75, 3.05) is 26.1 Å². The highest BCUT2D eigenvalue weighted by atomic mass is 35.5. The van der Waals surface area contributed by atoms with E-state index in [-0.39, 0.29) is 18.4 Å². The second-order valence-electron chi connectivity index (χ2n) is 9.43. The molecule has 7 heteroatoms. The lowest BCUT2D eigenvalue weighted by molar-refractivity contribution is -0.118. The van der Waals surface area contributed by atoms with Gasteiger partial charge in [-0.05, 0) is 72.5 Å². The summed E-state index contributed by atoms with van der Waals surface area (Å²) < 4.78 is 11.7. The van der Waals surface area contributed by atoms with E-state index in [0.717, 1.165) is 27.9 Å². The summed E-state index contributed by atoms with van der Waals surface area (Å²) in [6.07, 6.45) is 1.96. The van der Waals surface area contributed by atoms with E-state index in [0.29, 0.717) is 22.1 Å². The van der Waals surface area contributed by atoms with Crippen LogP contribution in [-0.4, -0.2) is 38.1 Å². The van der Waals surface area contributed by atoms with Crippen LogP contribution in [0.2, 0.25) is 5.02 Å². The molecule has 3 aromatic rings. The van der Waals surface area contributed by atoms with Crippen LogP contribution in [0.3, 0.4) is 0 Å². The minimum absolute atomic E-state index is 0.0379. The Morgan fingerprint density at radius 1 is 1.11 bits per heavy atom. The number of methoxy groups -OCH3 is 1. The van der Waals surface area contributed by atoms with Crippen molar-refractivity contribution >= 4 is 28.8 Å². The average molecular weight is 516 g/mol. The SMILES string of the molecule is COc1cc2c(cc1OC(C)C)[C@H](c1ccc(Cl)cc1)N(c1ccc(/C(C#N)=C/N(C)C)cc1)C(=O)C2. The van der Waals surface area contributed by atoms with Crippen LogP contribution in [0.1, 0.15) is 42.1 Å². The van der Waals surface area contributed by atoms with Crippen LogP contribution in [-0.2, 0) is 11.2 Å². The molecular formula is C30H30ClN3O3. The zero-order valence-electron chi connectivity index (χ0n) is 21.7. The van der Waals surface area contributed by atoms with Gasteiger partial charge in [0.25, 0.3) is 0 Å². The average Bonchev–Trinajstić information content (AvgIpc) is 2.87. The smallest absolute Gasteiger partial charge is 0.232 e. The van der Waals surface area contributed by atoms with Gasteiger partial charge < -0.3 is 19.3 Å². The van der Waals surface area contributed by atoms with Gasteiger partial charge in [-0.15, -0.1) is 0 Å². The fraction of sp³-hybridized carbons (Fsp3) is 0.267. The third-order valence-corrected chi connectivity index (χ3v) is 6.35. The largest absolute Gasteiger partial charge is 0.493 e. The van der Waals surface area contributed by atoms with E-state index < -0.39 is 6.04 Å². The second-order valence-corrected chi connectivity index (χ2v) is 9.86. The highest BCUT2D eigenvalue weighted by Gasteiger charge is 2.36. The standard InChI is InChI=1S/C30H30ClN3O3/c1-19(2)37-28-16-26-22(14-27(28)36-5)15-29(35)34(30(26)21-6-10-24(31)11-7-21)25-12-8-20(9-13-25)23(17-32)18-33(3)4/h6-14,16,18-19,30H,15H2,1-5H3/b23-18+/t30-/m0/s1. The predicted octanol–water partition coefficient (Wildman–Crippen LogP) is 6.24. The minimum atomic E-state index is -0.396. The first-order chi connectivity index (χ1) is 17.7. The normalized spacial score (nSPS) is 15.3. The van der Waals surface area contributed by atoms with Gasteiger partial charge >= 0.3 is 0 Å². The zero-order valence-corrected chi connectivity index (χ0v) is 22.4. The quantitative estimate of drug-likeness (QED) is 0.348. The fourth-order valence-electron chi connectivity index (χ4n) is 4.56. The maximum atomic E-state index is 13.6. The summed E-state index contributed by atoms with van der Waals surface area (Å²) in [7, 11) is 5.35. The fourth-order valence-corrected chi connectivity index (χ4v) is 4.68. The molecule has 3 aromatic carbocycles. The highest BCUT2D eigenvalue weighted by molar-refractivity contribution is 6.30. The molecule has 1 amide bonds. The predicted molar refractivity (Wildman–Crippen MR) is 147 cm³/mol. The van der Waals surface area contributed by atoms with Crippen LogP contribution in [0, 0.1) is 11.3 Å². The molecule has 0 bridgehead atoms. The second kappa shape index (κ2) is 11.0. The molecule has 0 unspecified atom stereocenters. The Morgan fingerprint density at radius 2 is 1.78 bits per heavy atom. The third kappa shape index (κ3) is 5.58. The maximum absolute atomic E-state index is 13.6. The number of amides is 1. The topological polar surface area (TPSA) is 65.8 Å². The van der Waals surface area contributed by atoms with Crippen molar-refractivity contribution < 1.29 is 14.3 Å². The number of nitrogens with zero attached hydrogens (tertiary/aromatic N) is 3. The monoisotopic (exact) mass is 515 g/mol. The Bertz CT molecular complexity index is 1360. The van der Waals surface area contributed by atoms with Crippen LogP contribution < -0.4 is 14.4 Å². The highest BCUT2D eigenvalue weighted by Crippen LogP contribution is 2.44. The molecule has 0 aliphatic carbocycles. The van der Waals surface area contributed by atoms with E-state index in [1.807, 2.05) is 98.4 Å². The summed E-state index contributed by atoms with van der Waals surface area (Å²) in [6, 6.07) is 20.8. The van der Waals surface area contributed by atoms with Gasteiger partial charge in [0.05, 0.1) is 31.2 Å². The number of nitriles is 1. The molecule has 1 heterocycles. The number of hydrogen-bond donors (Lipinski definition) is 0. The van der Waals surface area contributed by atoms with Crippen molar-refractivity contribution in [3.63, 3.8) is 0 Å². The van der Waals surface area contributed by atoms with Gasteiger partial charge in [0.1, 0.15) is 6.07 Å². The number of rotatable bonds is 7. The van der Waals surface area contributed by atoms with Gasteiger partial charge in [0.15, 0.2) is 11.5 Å². The van der Waals surface area contributed by atoms with Crippen molar-refractivity contribution in [3.05, 3.63) is 94.1 Å². The third-order valence-electron chi connectivity index (χ3n) is 6.10. The summed E-state index contributed by atoms with van der Waals surface area (Å²) >= 11 is 6.20. The molecule has 0 N–H and O–H groups in total. The minimum Gasteiger partial charge on any atom is -0.493 e. The summed E-state index contributed by atoms with van der Waals surface area (Å²) in [4.78, 5) is 17.3. The van der Waals surface area contributed by atoms with Crippen molar-refractivity contribution in [3.8, 4) is 17.6 Å². The van der Waals surface area contributed by atoms with Gasteiger partial charge in [-0.2, -0.15) is 5.26 Å². The number of fused-ring (bicyclic) bond motifs is 1. The molecule has 1 aliphatic rings. The van der Waals surface area contributed by atoms with Gasteiger partial charge in [-0.3, -0.25) is 4.79 Å². The summed E-state index contributed by atoms with van der Waals surface area (Å²) in [5.74, 6) is 1.20. The van der Waals surface area contributed by atoms with E-state index in [1.165, 1.54) is 0 Å². The summed E-state index contributed by atoms with van der Waals surface area (Å²) in [6.45, 7) is 3.93. The van der Waals surface area contributed by atoms with Crippen LogP contribution in [0.25, 0.3) is 5.57 Å². The van der Waals surface area contributed by atoms with E-state index in [2.05, 4.69) is 6.07 Å². The van der Waals surface area contributed by atoms with Crippen molar-refractivity contribution in [1.82, 2.24) is 4.90 Å². The van der Waals surface area contributed by atoms with Gasteiger partial charge in [0.2, 0.25) is 5.91 Å². The number of carbonyl (C=O) groups is 1. The molecule has 1 atom stereocenters. The van der Waals surface area contributed by atoms with Crippen molar-refractivity contribution in [2.24, 2.45) is 0 Å². The first-order valence-corrected chi connectivity index (χ1v) is 12.4. The van der Waals surface area contributed by atoms with E-state index in [9.17, 15) is 10.1 Å². The molecule has 4 rings (SSSR count). The molecule has 0 aromatic heterocycles. The van der Waals surface area contributed by atoms with Gasteiger partial charge in [-0.25, -0.2) is 0 Å². The number of benzene rings is 3. The van der Waals surface area contributed by atoms with E-state index in [1.54, 1.807) is 13.3 Å². The summed E-state index contributed by atoms with van der Waals surface area (Å²) in [5.41, 5.74) is 4.85. The van der Waals surface area contributed by atoms with E-state index in [4.69, 9.17) is 21.1 Å². The number of halogens is 1. The molecule has 0 fully saturated rings. The van der Waals surface area contributed by atoms with Crippen LogP contribution >= 0.6 is 11.6 Å². The molecule has 1 aliphatic heterocycles. The van der Waals surface area contributed by atoms with E-state index >= 15 is 0 Å². The van der Waals surface area contributed by atoms with Crippen molar-refractivity contribution in [1.29, 1.82) is 5.26 Å². The molecule has 6 nitrogen and oxygen atoms in total. The number of hydrogen-bond acceptors (Lipinski definition) is 5. The molecule has 190 valence electrons. The molecule has 0 radical (unpaired) electrons. The number of ether oxygens (including phenoxy) is 2. The lowest BCUT2D eigenvalue weighted by Crippen LogP contribution is -2.41. The Balaban J connectivity index is 1.86. The van der Waals surface area contributed by atoms with Crippen molar-refractivity contribution in [2.45, 2.75) is 32.4 Å². The Kier molecular flexibility index (Phi) is 7.75. The van der Waals surface area contributed by atoms with Crippen LogP contribution in [0.4, 0.5) is 5.69 Å². The zero-order chi connectivity index (χ0) is 26.7. The maximum Gasteiger partial charge on any atom is 0.232 e. The molecular weight excluding hydrogens is 486 g/mol. The first-order valence-electron chi connectivity index (χ1n) is 12.1. The first kappa shape index (κ1) is 26.1. The van der Waals surface area contributed by atoms with Gasteiger partial charge in [-0.1, -0.05) is 35.9 Å². The molecule has 0 spiro atoms. The Hall–Kier alpha value is -3.95. The number of allylic oxidation sites excluding steroid dienone is 1. The molecule has 0 saturated heterocycles. The Labute approximate surface area is 223 Å². The van der Waals surface area contributed by atoms with Crippen LogP contribution in [0.5, 0.6) is 11.5 Å². The Morgan fingerprint density at radius 3 is 2.35 bits per heavy atom. The number of anilines is 1. The molecule has 37 heavy (non-hydrogen) atoms. The lowest BCUT2D eigenvalue weighted by Gasteiger charge is -2.38. The van der Waals surface area contributed by atoms with Crippen LogP contribution in [0.15, 0.2) is 66.9 Å².